The van der Waals surface area contributed by atoms with Crippen LogP contribution in [-0.4, -0.2) is 57.6 Å². The highest BCUT2D eigenvalue weighted by Crippen LogP contribution is 2.43. The molecule has 5 heterocycles. The number of rotatable bonds is 2. The van der Waals surface area contributed by atoms with Crippen LogP contribution in [0, 0.1) is 45.1 Å². The van der Waals surface area contributed by atoms with Crippen LogP contribution in [0.25, 0.3) is 22.4 Å². The molecule has 2 saturated heterocycles. The predicted octanol–water partition coefficient (Wildman–Crippen LogP) is 4.65. The molecular formula is C37H33N9O2. The first-order chi connectivity index (χ1) is 23.2. The molecule has 11 heteroatoms. The fourth-order valence-corrected chi connectivity index (χ4v) is 7.43. The molecule has 4 aromatic rings. The monoisotopic (exact) mass is 635 g/mol. The van der Waals surface area contributed by atoms with Crippen molar-refractivity contribution in [1.29, 1.82) is 15.8 Å². The van der Waals surface area contributed by atoms with Crippen LogP contribution < -0.4 is 10.6 Å². The summed E-state index contributed by atoms with van der Waals surface area (Å²) in [4.78, 5) is 28.7. The number of hydrogen-bond donors (Lipinski definition) is 2. The summed E-state index contributed by atoms with van der Waals surface area (Å²) in [5, 5.41) is 37.5. The van der Waals surface area contributed by atoms with E-state index in [1.165, 1.54) is 0 Å². The summed E-state index contributed by atoms with van der Waals surface area (Å²) in [6, 6.07) is 23.7. The largest absolute Gasteiger partial charge is 0.325 e. The van der Waals surface area contributed by atoms with Gasteiger partial charge in [-0.2, -0.15) is 20.9 Å². The van der Waals surface area contributed by atoms with Gasteiger partial charge in [-0.3, -0.25) is 14.3 Å². The fraction of sp³-hybridized carbons (Fsp3) is 0.297. The molecule has 8 rings (SSSR count). The van der Waals surface area contributed by atoms with Gasteiger partial charge < -0.3 is 20.4 Å². The van der Waals surface area contributed by atoms with E-state index in [1.807, 2.05) is 60.3 Å². The highest BCUT2D eigenvalue weighted by atomic mass is 16.2. The van der Waals surface area contributed by atoms with E-state index in [-0.39, 0.29) is 11.8 Å². The standard InChI is InChI=1S/C20H16N4O.C17H17N5O/c21-11-14-2-1-3-15(8-14)16-4-5-17-10-20(6-7-24(12-20)13-22)19(25)23-18(17)9-16;1-21-15(4-6-19-21)12-2-3-13-9-17(5-7-22(10-17)11-18)16(23)20-14(13)8-12/h1-5,8-9H,6-7,10,12H2,(H,23,25);2-4,6,8H,5,7,9-10H2,1H3,(H,20,23). The Bertz CT molecular complexity index is 2080. The number of aromatic nitrogens is 2. The molecular weight excluding hydrogens is 602 g/mol. The normalized spacial score (nSPS) is 22.0. The van der Waals surface area contributed by atoms with Crippen molar-refractivity contribution >= 4 is 23.2 Å². The fourth-order valence-electron chi connectivity index (χ4n) is 7.43. The lowest BCUT2D eigenvalue weighted by Gasteiger charge is -2.33. The lowest BCUT2D eigenvalue weighted by Crippen LogP contribution is -2.43. The average molecular weight is 636 g/mol. The highest BCUT2D eigenvalue weighted by molar-refractivity contribution is 6.00. The van der Waals surface area contributed by atoms with E-state index in [0.717, 1.165) is 51.3 Å². The van der Waals surface area contributed by atoms with Crippen LogP contribution in [0.1, 0.15) is 29.5 Å². The molecule has 4 aliphatic heterocycles. The zero-order chi connectivity index (χ0) is 33.5. The number of nitrogens with one attached hydrogen (secondary N) is 2. The molecule has 3 aromatic carbocycles. The van der Waals surface area contributed by atoms with E-state index in [1.54, 1.807) is 22.1 Å². The zero-order valence-corrected chi connectivity index (χ0v) is 26.5. The Morgan fingerprint density at radius 3 is 1.81 bits per heavy atom. The van der Waals surface area contributed by atoms with E-state index < -0.39 is 10.8 Å². The lowest BCUT2D eigenvalue weighted by molar-refractivity contribution is -0.126. The Morgan fingerprint density at radius 2 is 1.29 bits per heavy atom. The second kappa shape index (κ2) is 11.9. The first-order valence-corrected chi connectivity index (χ1v) is 15.9. The third-order valence-electron chi connectivity index (χ3n) is 10.2. The summed E-state index contributed by atoms with van der Waals surface area (Å²) >= 11 is 0. The van der Waals surface area contributed by atoms with Crippen molar-refractivity contribution in [1.82, 2.24) is 19.6 Å². The predicted molar refractivity (Wildman–Crippen MR) is 178 cm³/mol. The maximum absolute atomic E-state index is 12.7. The number of fused-ring (bicyclic) bond motifs is 2. The van der Waals surface area contributed by atoms with Crippen molar-refractivity contribution in [3.8, 4) is 40.8 Å². The summed E-state index contributed by atoms with van der Waals surface area (Å²) < 4.78 is 1.82. The van der Waals surface area contributed by atoms with Crippen LogP contribution in [0.4, 0.5) is 11.4 Å². The molecule has 11 nitrogen and oxygen atoms in total. The second-order valence-electron chi connectivity index (χ2n) is 13.1. The van der Waals surface area contributed by atoms with Crippen LogP contribution in [0.2, 0.25) is 0 Å². The summed E-state index contributed by atoms with van der Waals surface area (Å²) in [6.07, 6.45) is 8.85. The molecule has 2 N–H and O–H groups in total. The molecule has 0 saturated carbocycles. The van der Waals surface area contributed by atoms with Gasteiger partial charge in [0.25, 0.3) is 0 Å². The molecule has 0 bridgehead atoms. The molecule has 2 atom stereocenters. The van der Waals surface area contributed by atoms with Crippen LogP contribution in [0.3, 0.4) is 0 Å². The minimum atomic E-state index is -0.495. The number of carbonyl (C=O) groups is 2. The number of anilines is 2. The Morgan fingerprint density at radius 1 is 0.729 bits per heavy atom. The van der Waals surface area contributed by atoms with Gasteiger partial charge in [0.1, 0.15) is 0 Å². The molecule has 4 aliphatic rings. The summed E-state index contributed by atoms with van der Waals surface area (Å²) in [6.45, 7) is 2.30. The van der Waals surface area contributed by atoms with Gasteiger partial charge >= 0.3 is 0 Å². The Labute approximate surface area is 278 Å². The number of likely N-dealkylation sites (tertiary alicyclic amines) is 2. The van der Waals surface area contributed by atoms with Crippen LogP contribution in [0.5, 0.6) is 0 Å². The minimum absolute atomic E-state index is 0.000626. The molecule has 238 valence electrons. The number of benzene rings is 3. The summed E-state index contributed by atoms with van der Waals surface area (Å²) in [5.74, 6) is 0.0329. The zero-order valence-electron chi connectivity index (χ0n) is 26.5. The van der Waals surface area contributed by atoms with Crippen molar-refractivity contribution in [2.45, 2.75) is 25.7 Å². The van der Waals surface area contributed by atoms with Gasteiger partial charge in [0.2, 0.25) is 11.8 Å². The van der Waals surface area contributed by atoms with Crippen molar-refractivity contribution in [3.63, 3.8) is 0 Å². The van der Waals surface area contributed by atoms with E-state index in [4.69, 9.17) is 15.8 Å². The first kappa shape index (κ1) is 30.5. The van der Waals surface area contributed by atoms with Crippen LogP contribution >= 0.6 is 0 Å². The number of amides is 2. The SMILES string of the molecule is Cn1nccc1-c1ccc2c(c1)NC(=O)C1(CCN(C#N)C1)C2.N#Cc1cccc(-c2ccc3c(c2)NC(=O)C2(CCN(C#N)C2)C3)c1. The number of hydrogen-bond acceptors (Lipinski definition) is 8. The smallest absolute Gasteiger partial charge is 0.232 e. The van der Waals surface area contributed by atoms with Gasteiger partial charge in [-0.05, 0) is 78.3 Å². The van der Waals surface area contributed by atoms with Crippen LogP contribution in [0.15, 0.2) is 72.9 Å². The van der Waals surface area contributed by atoms with Gasteiger partial charge in [0.15, 0.2) is 12.4 Å². The van der Waals surface area contributed by atoms with Gasteiger partial charge in [-0.15, -0.1) is 0 Å². The Kier molecular flexibility index (Phi) is 7.58. The van der Waals surface area contributed by atoms with Crippen molar-refractivity contribution in [2.75, 3.05) is 36.8 Å². The molecule has 2 spiro atoms. The highest BCUT2D eigenvalue weighted by Gasteiger charge is 2.48. The third-order valence-corrected chi connectivity index (χ3v) is 10.2. The van der Waals surface area contributed by atoms with E-state index >= 15 is 0 Å². The van der Waals surface area contributed by atoms with Crippen molar-refractivity contribution < 1.29 is 9.59 Å². The number of nitriles is 3. The molecule has 2 unspecified atom stereocenters. The Balaban J connectivity index is 0.000000152. The topological polar surface area (TPSA) is 154 Å². The van der Waals surface area contributed by atoms with E-state index in [9.17, 15) is 9.59 Å². The average Bonchev–Trinajstić information content (AvgIpc) is 3.85. The molecule has 48 heavy (non-hydrogen) atoms. The van der Waals surface area contributed by atoms with Crippen molar-refractivity contribution in [2.24, 2.45) is 17.9 Å². The van der Waals surface area contributed by atoms with Gasteiger partial charge in [-0.1, -0.05) is 36.4 Å². The quantitative estimate of drug-likeness (QED) is 0.302. The minimum Gasteiger partial charge on any atom is -0.325 e. The van der Waals surface area contributed by atoms with Crippen molar-refractivity contribution in [3.05, 3.63) is 89.6 Å². The maximum Gasteiger partial charge on any atom is 0.232 e. The number of carbonyl (C=O) groups excluding carboxylic acids is 2. The first-order valence-electron chi connectivity index (χ1n) is 15.9. The van der Waals surface area contributed by atoms with E-state index in [0.29, 0.717) is 51.0 Å². The Hall–Kier alpha value is -6.12. The third kappa shape index (κ3) is 5.38. The molecule has 0 radical (unpaired) electrons. The van der Waals surface area contributed by atoms with Gasteiger partial charge in [0.05, 0.1) is 28.2 Å². The number of aryl methyl sites for hydroxylation is 1. The summed E-state index contributed by atoms with van der Waals surface area (Å²) in [5.41, 5.74) is 7.55. The second-order valence-corrected chi connectivity index (χ2v) is 13.1. The molecule has 2 amide bonds. The summed E-state index contributed by atoms with van der Waals surface area (Å²) in [7, 11) is 1.90. The molecule has 1 aromatic heterocycles. The number of nitrogens with zero attached hydrogens (tertiary/aromatic N) is 7. The molecule has 2 fully saturated rings. The molecule has 0 aliphatic carbocycles. The van der Waals surface area contributed by atoms with Crippen LogP contribution in [-0.2, 0) is 29.5 Å². The van der Waals surface area contributed by atoms with Gasteiger partial charge in [0, 0.05) is 56.4 Å². The lowest BCUT2D eigenvalue weighted by atomic mass is 9.76. The van der Waals surface area contributed by atoms with Gasteiger partial charge in [-0.25, -0.2) is 0 Å². The maximum atomic E-state index is 12.7. The van der Waals surface area contributed by atoms with E-state index in [2.05, 4.69) is 46.3 Å².